The highest BCUT2D eigenvalue weighted by atomic mass is 19.1. The Morgan fingerprint density at radius 2 is 1.83 bits per heavy atom. The Hall–Kier alpha value is -0.960. The predicted octanol–water partition coefficient (Wildman–Crippen LogP) is 3.53. The molecule has 0 bridgehead atoms. The second-order valence-electron chi connectivity index (χ2n) is 5.59. The van der Waals surface area contributed by atoms with E-state index in [1.807, 2.05) is 0 Å². The lowest BCUT2D eigenvalue weighted by atomic mass is 9.88. The van der Waals surface area contributed by atoms with Gasteiger partial charge in [-0.3, -0.25) is 0 Å². The maximum atomic E-state index is 13.6. The van der Waals surface area contributed by atoms with Crippen LogP contribution in [0.4, 0.5) is 8.78 Å². The molecule has 0 amide bonds. The SMILES string of the molecule is CC(C)C(CNC1CC1)Cc1c(F)cccc1F. The number of hydrogen-bond acceptors (Lipinski definition) is 1. The quantitative estimate of drug-likeness (QED) is 0.817. The molecule has 0 radical (unpaired) electrons. The Kier molecular flexibility index (Phi) is 4.33. The monoisotopic (exact) mass is 253 g/mol. The summed E-state index contributed by atoms with van der Waals surface area (Å²) in [5.41, 5.74) is 0.230. The molecule has 1 aromatic carbocycles. The van der Waals surface area contributed by atoms with Crippen LogP contribution in [0.3, 0.4) is 0 Å². The molecule has 1 N–H and O–H groups in total. The van der Waals surface area contributed by atoms with Gasteiger partial charge in [0, 0.05) is 11.6 Å². The number of benzene rings is 1. The topological polar surface area (TPSA) is 12.0 Å². The van der Waals surface area contributed by atoms with E-state index in [1.54, 1.807) is 0 Å². The zero-order valence-corrected chi connectivity index (χ0v) is 11.0. The van der Waals surface area contributed by atoms with Crippen molar-refractivity contribution in [1.29, 1.82) is 0 Å². The highest BCUT2D eigenvalue weighted by Gasteiger charge is 2.24. The first kappa shape index (κ1) is 13.5. The summed E-state index contributed by atoms with van der Waals surface area (Å²) < 4.78 is 27.2. The lowest BCUT2D eigenvalue weighted by molar-refractivity contribution is 0.350. The van der Waals surface area contributed by atoms with Gasteiger partial charge in [0.15, 0.2) is 0 Å². The molecule has 1 atom stereocenters. The summed E-state index contributed by atoms with van der Waals surface area (Å²) in [5.74, 6) is -0.161. The lowest BCUT2D eigenvalue weighted by Gasteiger charge is -2.22. The van der Waals surface area contributed by atoms with Gasteiger partial charge in [-0.25, -0.2) is 8.78 Å². The van der Waals surface area contributed by atoms with Crippen molar-refractivity contribution in [3.63, 3.8) is 0 Å². The molecular formula is C15H21F2N. The van der Waals surface area contributed by atoms with Crippen LogP contribution in [0, 0.1) is 23.5 Å². The summed E-state index contributed by atoms with van der Waals surface area (Å²) in [6.45, 7) is 5.06. The number of nitrogens with one attached hydrogen (secondary N) is 1. The van der Waals surface area contributed by atoms with Crippen molar-refractivity contribution < 1.29 is 8.78 Å². The minimum absolute atomic E-state index is 0.230. The number of hydrogen-bond donors (Lipinski definition) is 1. The summed E-state index contributed by atoms with van der Waals surface area (Å²) >= 11 is 0. The highest BCUT2D eigenvalue weighted by Crippen LogP contribution is 2.24. The Morgan fingerprint density at radius 3 is 2.33 bits per heavy atom. The maximum absolute atomic E-state index is 13.6. The fourth-order valence-corrected chi connectivity index (χ4v) is 2.14. The molecule has 18 heavy (non-hydrogen) atoms. The summed E-state index contributed by atoms with van der Waals surface area (Å²) in [6, 6.07) is 4.73. The van der Waals surface area contributed by atoms with Crippen molar-refractivity contribution in [2.24, 2.45) is 11.8 Å². The molecule has 0 aromatic heterocycles. The van der Waals surface area contributed by atoms with Crippen LogP contribution in [-0.2, 0) is 6.42 Å². The third-order valence-corrected chi connectivity index (χ3v) is 3.72. The zero-order chi connectivity index (χ0) is 13.1. The van der Waals surface area contributed by atoms with Crippen LogP contribution < -0.4 is 5.32 Å². The average molecular weight is 253 g/mol. The first-order valence-corrected chi connectivity index (χ1v) is 6.74. The fraction of sp³-hybridized carbons (Fsp3) is 0.600. The van der Waals surface area contributed by atoms with E-state index < -0.39 is 11.6 Å². The Morgan fingerprint density at radius 1 is 1.22 bits per heavy atom. The van der Waals surface area contributed by atoms with E-state index in [-0.39, 0.29) is 11.5 Å². The van der Waals surface area contributed by atoms with Crippen LogP contribution in [0.1, 0.15) is 32.3 Å². The second-order valence-corrected chi connectivity index (χ2v) is 5.59. The predicted molar refractivity (Wildman–Crippen MR) is 69.4 cm³/mol. The van der Waals surface area contributed by atoms with Gasteiger partial charge in [0.25, 0.3) is 0 Å². The van der Waals surface area contributed by atoms with Gasteiger partial charge in [-0.15, -0.1) is 0 Å². The molecule has 0 spiro atoms. The number of rotatable bonds is 6. The molecule has 2 rings (SSSR count). The van der Waals surface area contributed by atoms with Gasteiger partial charge in [-0.2, -0.15) is 0 Å². The molecule has 0 heterocycles. The summed E-state index contributed by atoms with van der Waals surface area (Å²) in [6.07, 6.45) is 2.94. The number of halogens is 2. The smallest absolute Gasteiger partial charge is 0.129 e. The molecule has 1 saturated carbocycles. The van der Waals surface area contributed by atoms with Crippen LogP contribution in [0.15, 0.2) is 18.2 Å². The summed E-state index contributed by atoms with van der Waals surface area (Å²) in [4.78, 5) is 0. The van der Waals surface area contributed by atoms with Crippen LogP contribution in [0.25, 0.3) is 0 Å². The molecule has 1 aliphatic carbocycles. The molecule has 0 aliphatic heterocycles. The Labute approximate surface area is 108 Å². The highest BCUT2D eigenvalue weighted by molar-refractivity contribution is 5.20. The lowest BCUT2D eigenvalue weighted by Crippen LogP contribution is -2.29. The minimum atomic E-state index is -0.424. The largest absolute Gasteiger partial charge is 0.314 e. The van der Waals surface area contributed by atoms with Crippen molar-refractivity contribution in [3.8, 4) is 0 Å². The third kappa shape index (κ3) is 3.52. The molecule has 1 aliphatic rings. The van der Waals surface area contributed by atoms with E-state index in [0.717, 1.165) is 6.54 Å². The average Bonchev–Trinajstić information content (AvgIpc) is 3.11. The minimum Gasteiger partial charge on any atom is -0.314 e. The molecule has 1 fully saturated rings. The Balaban J connectivity index is 2.02. The van der Waals surface area contributed by atoms with Gasteiger partial charge >= 0.3 is 0 Å². The van der Waals surface area contributed by atoms with Gasteiger partial charge < -0.3 is 5.32 Å². The standard InChI is InChI=1S/C15H21F2N/c1-10(2)11(9-18-12-6-7-12)8-13-14(16)4-3-5-15(13)17/h3-5,10-12,18H,6-9H2,1-2H3. The third-order valence-electron chi connectivity index (χ3n) is 3.72. The molecule has 1 aromatic rings. The van der Waals surface area contributed by atoms with Crippen LogP contribution >= 0.6 is 0 Å². The molecule has 3 heteroatoms. The van der Waals surface area contributed by atoms with Crippen LogP contribution in [-0.4, -0.2) is 12.6 Å². The van der Waals surface area contributed by atoms with E-state index in [9.17, 15) is 8.78 Å². The van der Waals surface area contributed by atoms with Gasteiger partial charge in [0.05, 0.1) is 0 Å². The van der Waals surface area contributed by atoms with E-state index in [4.69, 9.17) is 0 Å². The second kappa shape index (κ2) is 5.79. The van der Waals surface area contributed by atoms with Gasteiger partial charge in [0.1, 0.15) is 11.6 Å². The van der Waals surface area contributed by atoms with E-state index in [0.29, 0.717) is 18.4 Å². The van der Waals surface area contributed by atoms with E-state index in [1.165, 1.54) is 31.0 Å². The Bertz CT molecular complexity index is 379. The summed E-state index contributed by atoms with van der Waals surface area (Å²) in [7, 11) is 0. The zero-order valence-electron chi connectivity index (χ0n) is 11.0. The van der Waals surface area contributed by atoms with Crippen LogP contribution in [0.2, 0.25) is 0 Å². The molecule has 1 nitrogen and oxygen atoms in total. The van der Waals surface area contributed by atoms with Crippen LogP contribution in [0.5, 0.6) is 0 Å². The normalized spacial score (nSPS) is 17.2. The first-order chi connectivity index (χ1) is 8.58. The first-order valence-electron chi connectivity index (χ1n) is 6.74. The summed E-state index contributed by atoms with van der Waals surface area (Å²) in [5, 5.41) is 3.45. The van der Waals surface area contributed by atoms with Crippen molar-refractivity contribution in [2.45, 2.75) is 39.2 Å². The maximum Gasteiger partial charge on any atom is 0.129 e. The van der Waals surface area contributed by atoms with Gasteiger partial charge in [0.2, 0.25) is 0 Å². The van der Waals surface area contributed by atoms with Crippen molar-refractivity contribution >= 4 is 0 Å². The molecular weight excluding hydrogens is 232 g/mol. The fourth-order valence-electron chi connectivity index (χ4n) is 2.14. The molecule has 0 saturated heterocycles. The van der Waals surface area contributed by atoms with Gasteiger partial charge in [-0.1, -0.05) is 19.9 Å². The van der Waals surface area contributed by atoms with E-state index >= 15 is 0 Å². The molecule has 100 valence electrons. The van der Waals surface area contributed by atoms with Crippen molar-refractivity contribution in [2.75, 3.05) is 6.54 Å². The van der Waals surface area contributed by atoms with Gasteiger partial charge in [-0.05, 0) is 49.8 Å². The molecule has 1 unspecified atom stereocenters. The van der Waals surface area contributed by atoms with Crippen molar-refractivity contribution in [1.82, 2.24) is 5.32 Å². The van der Waals surface area contributed by atoms with E-state index in [2.05, 4.69) is 19.2 Å². The van der Waals surface area contributed by atoms with Crippen molar-refractivity contribution in [3.05, 3.63) is 35.4 Å².